The van der Waals surface area contributed by atoms with Crippen molar-refractivity contribution in [2.75, 3.05) is 13.3 Å². The zero-order valence-electron chi connectivity index (χ0n) is 11.5. The fourth-order valence-corrected chi connectivity index (χ4v) is 3.64. The summed E-state index contributed by atoms with van der Waals surface area (Å²) in [7, 11) is 1.99. The monoisotopic (exact) mass is 369 g/mol. The Kier molecular flexibility index (Phi) is 5.97. The average molecular weight is 371 g/mol. The molecule has 0 aromatic heterocycles. The molecule has 0 radical (unpaired) electrons. The lowest BCUT2D eigenvalue weighted by Gasteiger charge is -2.20. The molecular formula is C16H17BrClNS. The van der Waals surface area contributed by atoms with E-state index in [9.17, 15) is 0 Å². The van der Waals surface area contributed by atoms with Crippen molar-refractivity contribution in [1.82, 2.24) is 5.32 Å². The summed E-state index contributed by atoms with van der Waals surface area (Å²) in [5.74, 6) is 0. The van der Waals surface area contributed by atoms with Crippen LogP contribution in [0.3, 0.4) is 0 Å². The van der Waals surface area contributed by atoms with Gasteiger partial charge in [0.05, 0.1) is 0 Å². The number of halogens is 2. The van der Waals surface area contributed by atoms with Crippen LogP contribution < -0.4 is 5.32 Å². The van der Waals surface area contributed by atoms with Crippen LogP contribution in [-0.2, 0) is 6.42 Å². The van der Waals surface area contributed by atoms with E-state index in [0.717, 1.165) is 21.5 Å². The quantitative estimate of drug-likeness (QED) is 0.714. The first-order chi connectivity index (χ1) is 9.65. The lowest BCUT2D eigenvalue weighted by molar-refractivity contribution is 0.583. The van der Waals surface area contributed by atoms with E-state index in [0.29, 0.717) is 0 Å². The topological polar surface area (TPSA) is 12.0 Å². The SMILES string of the molecule is CNC(Cc1ccc(Br)cc1Cl)c1ccccc1SC. The van der Waals surface area contributed by atoms with Crippen LogP contribution >= 0.6 is 39.3 Å². The van der Waals surface area contributed by atoms with Gasteiger partial charge in [-0.05, 0) is 49.1 Å². The predicted molar refractivity (Wildman–Crippen MR) is 92.9 cm³/mol. The van der Waals surface area contributed by atoms with Gasteiger partial charge >= 0.3 is 0 Å². The predicted octanol–water partition coefficient (Wildman–Crippen LogP) is 5.33. The molecule has 0 spiro atoms. The van der Waals surface area contributed by atoms with Crippen LogP contribution in [0.5, 0.6) is 0 Å². The third kappa shape index (κ3) is 3.79. The van der Waals surface area contributed by atoms with E-state index in [1.807, 2.05) is 19.2 Å². The molecule has 2 rings (SSSR count). The van der Waals surface area contributed by atoms with Crippen molar-refractivity contribution in [3.63, 3.8) is 0 Å². The van der Waals surface area contributed by atoms with E-state index < -0.39 is 0 Å². The van der Waals surface area contributed by atoms with Gasteiger partial charge in [-0.2, -0.15) is 0 Å². The lowest BCUT2D eigenvalue weighted by Crippen LogP contribution is -2.19. The molecule has 1 unspecified atom stereocenters. The van der Waals surface area contributed by atoms with Crippen LogP contribution in [0, 0.1) is 0 Å². The second-order valence-electron chi connectivity index (χ2n) is 4.52. The Morgan fingerprint density at radius 1 is 1.25 bits per heavy atom. The zero-order valence-corrected chi connectivity index (χ0v) is 14.6. The molecule has 0 saturated carbocycles. The molecule has 20 heavy (non-hydrogen) atoms. The molecule has 2 aromatic rings. The maximum absolute atomic E-state index is 6.33. The first-order valence-corrected chi connectivity index (χ1v) is 8.79. The van der Waals surface area contributed by atoms with Crippen molar-refractivity contribution in [2.45, 2.75) is 17.4 Å². The summed E-state index contributed by atoms with van der Waals surface area (Å²) in [5, 5.41) is 4.21. The van der Waals surface area contributed by atoms with Gasteiger partial charge in [0.2, 0.25) is 0 Å². The van der Waals surface area contributed by atoms with Crippen LogP contribution in [0.25, 0.3) is 0 Å². The summed E-state index contributed by atoms with van der Waals surface area (Å²) >= 11 is 11.5. The van der Waals surface area contributed by atoms with Gasteiger partial charge < -0.3 is 5.32 Å². The molecule has 2 aromatic carbocycles. The second kappa shape index (κ2) is 7.51. The van der Waals surface area contributed by atoms with Crippen molar-refractivity contribution in [1.29, 1.82) is 0 Å². The number of benzene rings is 2. The minimum Gasteiger partial charge on any atom is -0.313 e. The third-order valence-corrected chi connectivity index (χ3v) is 4.96. The second-order valence-corrected chi connectivity index (χ2v) is 6.69. The highest BCUT2D eigenvalue weighted by Gasteiger charge is 2.15. The zero-order chi connectivity index (χ0) is 14.5. The Labute approximate surface area is 138 Å². The largest absolute Gasteiger partial charge is 0.313 e. The smallest absolute Gasteiger partial charge is 0.0449 e. The Morgan fingerprint density at radius 2 is 2.00 bits per heavy atom. The molecule has 1 atom stereocenters. The normalized spacial score (nSPS) is 12.4. The number of thioether (sulfide) groups is 1. The Bertz CT molecular complexity index is 588. The summed E-state index contributed by atoms with van der Waals surface area (Å²) in [5.41, 5.74) is 2.48. The highest BCUT2D eigenvalue weighted by atomic mass is 79.9. The highest BCUT2D eigenvalue weighted by Crippen LogP contribution is 2.30. The van der Waals surface area contributed by atoms with Crippen molar-refractivity contribution >= 4 is 39.3 Å². The summed E-state index contributed by atoms with van der Waals surface area (Å²) in [6.45, 7) is 0. The fraction of sp³-hybridized carbons (Fsp3) is 0.250. The van der Waals surface area contributed by atoms with Gasteiger partial charge in [0.25, 0.3) is 0 Å². The minimum absolute atomic E-state index is 0.261. The average Bonchev–Trinajstić information content (AvgIpc) is 2.46. The Hall–Kier alpha value is -0.480. The molecule has 0 bridgehead atoms. The van der Waals surface area contributed by atoms with Crippen molar-refractivity contribution in [3.05, 3.63) is 63.1 Å². The molecule has 0 amide bonds. The first kappa shape index (κ1) is 15.9. The maximum atomic E-state index is 6.33. The molecule has 4 heteroatoms. The summed E-state index contributed by atoms with van der Waals surface area (Å²) in [6, 6.07) is 14.8. The van der Waals surface area contributed by atoms with Gasteiger partial charge in [-0.3, -0.25) is 0 Å². The van der Waals surface area contributed by atoms with E-state index in [-0.39, 0.29) is 6.04 Å². The van der Waals surface area contributed by atoms with E-state index in [4.69, 9.17) is 11.6 Å². The molecule has 0 aliphatic carbocycles. The van der Waals surface area contributed by atoms with Crippen molar-refractivity contribution < 1.29 is 0 Å². The van der Waals surface area contributed by atoms with Crippen LogP contribution in [-0.4, -0.2) is 13.3 Å². The summed E-state index contributed by atoms with van der Waals surface area (Å²) in [4.78, 5) is 1.31. The van der Waals surface area contributed by atoms with Gasteiger partial charge in [-0.15, -0.1) is 11.8 Å². The van der Waals surface area contributed by atoms with Crippen LogP contribution in [0.15, 0.2) is 51.8 Å². The fourth-order valence-electron chi connectivity index (χ4n) is 2.23. The molecule has 0 saturated heterocycles. The van der Waals surface area contributed by atoms with Gasteiger partial charge in [-0.1, -0.05) is 51.8 Å². The molecule has 0 fully saturated rings. The molecule has 1 N–H and O–H groups in total. The van der Waals surface area contributed by atoms with Gasteiger partial charge in [0.15, 0.2) is 0 Å². The first-order valence-electron chi connectivity index (χ1n) is 6.39. The number of rotatable bonds is 5. The van der Waals surface area contributed by atoms with Crippen LogP contribution in [0.1, 0.15) is 17.2 Å². The van der Waals surface area contributed by atoms with E-state index in [2.05, 4.69) is 57.8 Å². The number of nitrogens with one attached hydrogen (secondary N) is 1. The Morgan fingerprint density at radius 3 is 2.65 bits per heavy atom. The standard InChI is InChI=1S/C16H17BrClNS/c1-19-15(13-5-3-4-6-16(13)20-2)9-11-7-8-12(17)10-14(11)18/h3-8,10,15,19H,9H2,1-2H3. The molecule has 1 nitrogen and oxygen atoms in total. The lowest BCUT2D eigenvalue weighted by atomic mass is 9.99. The van der Waals surface area contributed by atoms with Crippen molar-refractivity contribution in [3.8, 4) is 0 Å². The maximum Gasteiger partial charge on any atom is 0.0449 e. The van der Waals surface area contributed by atoms with Gasteiger partial charge in [0.1, 0.15) is 0 Å². The number of likely N-dealkylation sites (N-methyl/N-ethyl adjacent to an activating group) is 1. The third-order valence-electron chi connectivity index (χ3n) is 3.30. The molecule has 0 aliphatic heterocycles. The van der Waals surface area contributed by atoms with Crippen molar-refractivity contribution in [2.24, 2.45) is 0 Å². The highest BCUT2D eigenvalue weighted by molar-refractivity contribution is 9.10. The summed E-state index contributed by atoms with van der Waals surface area (Å²) in [6.07, 6.45) is 2.98. The van der Waals surface area contributed by atoms with Crippen LogP contribution in [0.2, 0.25) is 5.02 Å². The summed E-state index contributed by atoms with van der Waals surface area (Å²) < 4.78 is 1.01. The molecule has 0 heterocycles. The molecule has 0 aliphatic rings. The van der Waals surface area contributed by atoms with Gasteiger partial charge in [0, 0.05) is 20.4 Å². The number of hydrogen-bond acceptors (Lipinski definition) is 2. The van der Waals surface area contributed by atoms with E-state index >= 15 is 0 Å². The van der Waals surface area contributed by atoms with E-state index in [1.165, 1.54) is 10.5 Å². The van der Waals surface area contributed by atoms with E-state index in [1.54, 1.807) is 11.8 Å². The molecule has 106 valence electrons. The minimum atomic E-state index is 0.261. The Balaban J connectivity index is 2.29. The molecular weight excluding hydrogens is 354 g/mol. The number of hydrogen-bond donors (Lipinski definition) is 1. The van der Waals surface area contributed by atoms with Crippen LogP contribution in [0.4, 0.5) is 0 Å². The van der Waals surface area contributed by atoms with Gasteiger partial charge in [-0.25, -0.2) is 0 Å².